The van der Waals surface area contributed by atoms with Crippen LogP contribution in [0.2, 0.25) is 5.02 Å². The molecule has 1 aliphatic rings. The number of aromatic nitrogens is 3. The summed E-state index contributed by atoms with van der Waals surface area (Å²) < 4.78 is 1.93. The first-order valence-corrected chi connectivity index (χ1v) is 9.18. The SMILES string of the molecule is CN=C(NCc1nnc(C)n1C)N1CCN(Cc2ccc(Cl)cc2)C(=O)C1.I. The maximum absolute atomic E-state index is 12.6. The van der Waals surface area contributed by atoms with Gasteiger partial charge in [-0.2, -0.15) is 0 Å². The fourth-order valence-electron chi connectivity index (χ4n) is 2.96. The number of hydrogen-bond acceptors (Lipinski definition) is 4. The zero-order valence-corrected chi connectivity index (χ0v) is 19.3. The summed E-state index contributed by atoms with van der Waals surface area (Å²) in [5, 5.41) is 12.2. The monoisotopic (exact) mass is 517 g/mol. The third kappa shape index (κ3) is 5.34. The van der Waals surface area contributed by atoms with E-state index in [1.54, 1.807) is 7.05 Å². The Labute approximate surface area is 187 Å². The number of aryl methyl sites for hydroxylation is 1. The molecule has 28 heavy (non-hydrogen) atoms. The second-order valence-corrected chi connectivity index (χ2v) is 6.92. The summed E-state index contributed by atoms with van der Waals surface area (Å²) in [5.41, 5.74) is 1.07. The standard InChI is InChI=1S/C18H24ClN7O.HI/c1-13-22-23-16(24(13)3)10-21-18(20-2)26-9-8-25(17(27)12-26)11-14-4-6-15(19)7-5-14;/h4-7H,8-12H2,1-3H3,(H,20,21);1H. The molecule has 1 N–H and O–H groups in total. The van der Waals surface area contributed by atoms with E-state index in [2.05, 4.69) is 20.5 Å². The molecule has 1 fully saturated rings. The van der Waals surface area contributed by atoms with Gasteiger partial charge in [-0.15, -0.1) is 34.2 Å². The largest absolute Gasteiger partial charge is 0.349 e. The second-order valence-electron chi connectivity index (χ2n) is 6.49. The highest BCUT2D eigenvalue weighted by Crippen LogP contribution is 2.13. The van der Waals surface area contributed by atoms with Crippen molar-refractivity contribution in [2.45, 2.75) is 20.0 Å². The average molecular weight is 518 g/mol. The number of hydrogen-bond donors (Lipinski definition) is 1. The number of halogens is 2. The Bertz CT molecular complexity index is 837. The van der Waals surface area contributed by atoms with E-state index < -0.39 is 0 Å². The van der Waals surface area contributed by atoms with Gasteiger partial charge in [0.25, 0.3) is 0 Å². The molecule has 1 saturated heterocycles. The van der Waals surface area contributed by atoms with Gasteiger partial charge in [0.2, 0.25) is 5.91 Å². The molecule has 3 rings (SSSR count). The minimum atomic E-state index is 0. The van der Waals surface area contributed by atoms with Crippen molar-refractivity contribution in [3.63, 3.8) is 0 Å². The van der Waals surface area contributed by atoms with E-state index in [9.17, 15) is 4.79 Å². The first-order chi connectivity index (χ1) is 13.0. The fourth-order valence-corrected chi connectivity index (χ4v) is 3.09. The summed E-state index contributed by atoms with van der Waals surface area (Å²) >= 11 is 5.92. The second kappa shape index (κ2) is 10.1. The quantitative estimate of drug-likeness (QED) is 0.380. The lowest BCUT2D eigenvalue weighted by Gasteiger charge is -2.36. The molecule has 0 radical (unpaired) electrons. The molecule has 1 aliphatic heterocycles. The molecular formula is C18H25ClIN7O. The van der Waals surface area contributed by atoms with E-state index in [4.69, 9.17) is 11.6 Å². The van der Waals surface area contributed by atoms with Crippen molar-refractivity contribution in [3.05, 3.63) is 46.5 Å². The van der Waals surface area contributed by atoms with Crippen molar-refractivity contribution in [1.82, 2.24) is 29.9 Å². The van der Waals surface area contributed by atoms with Crippen LogP contribution >= 0.6 is 35.6 Å². The summed E-state index contributed by atoms with van der Waals surface area (Å²) in [6.45, 7) is 4.66. The molecule has 2 aromatic rings. The smallest absolute Gasteiger partial charge is 0.242 e. The van der Waals surface area contributed by atoms with Crippen molar-refractivity contribution >= 4 is 47.4 Å². The molecule has 0 aliphatic carbocycles. The Balaban J connectivity index is 0.00000280. The molecule has 0 bridgehead atoms. The normalized spacial score (nSPS) is 14.9. The summed E-state index contributed by atoms with van der Waals surface area (Å²) in [6.07, 6.45) is 0. The highest BCUT2D eigenvalue weighted by Gasteiger charge is 2.26. The van der Waals surface area contributed by atoms with E-state index in [0.29, 0.717) is 37.2 Å². The molecular weight excluding hydrogens is 493 g/mol. The molecule has 1 aromatic carbocycles. The first kappa shape index (κ1) is 22.4. The third-order valence-corrected chi connectivity index (χ3v) is 4.96. The maximum Gasteiger partial charge on any atom is 0.242 e. The lowest BCUT2D eigenvalue weighted by molar-refractivity contribution is -0.135. The highest BCUT2D eigenvalue weighted by molar-refractivity contribution is 14.0. The number of aliphatic imine (C=N–C) groups is 1. The van der Waals surface area contributed by atoms with E-state index in [-0.39, 0.29) is 29.9 Å². The molecule has 0 spiro atoms. The van der Waals surface area contributed by atoms with Crippen molar-refractivity contribution in [2.75, 3.05) is 26.7 Å². The number of carbonyl (C=O) groups is 1. The molecule has 152 valence electrons. The fraction of sp³-hybridized carbons (Fsp3) is 0.444. The molecule has 1 amide bonds. The van der Waals surface area contributed by atoms with Crippen LogP contribution in [0.15, 0.2) is 29.3 Å². The Morgan fingerprint density at radius 1 is 1.25 bits per heavy atom. The van der Waals surface area contributed by atoms with Crippen molar-refractivity contribution in [3.8, 4) is 0 Å². The number of benzene rings is 1. The van der Waals surface area contributed by atoms with E-state index in [0.717, 1.165) is 23.8 Å². The zero-order valence-electron chi connectivity index (χ0n) is 16.2. The molecule has 0 atom stereocenters. The molecule has 0 saturated carbocycles. The summed E-state index contributed by atoms with van der Waals surface area (Å²) in [6, 6.07) is 7.59. The van der Waals surface area contributed by atoms with Crippen LogP contribution in [0.25, 0.3) is 0 Å². The van der Waals surface area contributed by atoms with Crippen molar-refractivity contribution in [2.24, 2.45) is 12.0 Å². The number of piperazine rings is 1. The lowest BCUT2D eigenvalue weighted by atomic mass is 10.2. The van der Waals surface area contributed by atoms with Crippen LogP contribution in [-0.2, 0) is 24.9 Å². The van der Waals surface area contributed by atoms with Gasteiger partial charge in [-0.3, -0.25) is 9.79 Å². The first-order valence-electron chi connectivity index (χ1n) is 8.80. The van der Waals surface area contributed by atoms with Gasteiger partial charge >= 0.3 is 0 Å². The number of carbonyl (C=O) groups excluding carboxylic acids is 1. The molecule has 1 aromatic heterocycles. The number of nitrogens with one attached hydrogen (secondary N) is 1. The number of amides is 1. The predicted molar refractivity (Wildman–Crippen MR) is 120 cm³/mol. The zero-order chi connectivity index (χ0) is 19.4. The van der Waals surface area contributed by atoms with Crippen LogP contribution in [-0.4, -0.2) is 63.1 Å². The van der Waals surface area contributed by atoms with Gasteiger partial charge in [-0.05, 0) is 24.6 Å². The van der Waals surface area contributed by atoms with E-state index in [1.165, 1.54) is 0 Å². The number of guanidine groups is 1. The highest BCUT2D eigenvalue weighted by atomic mass is 127. The van der Waals surface area contributed by atoms with Crippen LogP contribution in [0.3, 0.4) is 0 Å². The van der Waals surface area contributed by atoms with E-state index in [1.807, 2.05) is 52.6 Å². The predicted octanol–water partition coefficient (Wildman–Crippen LogP) is 1.81. The van der Waals surface area contributed by atoms with E-state index >= 15 is 0 Å². The molecule has 8 nitrogen and oxygen atoms in total. The van der Waals surface area contributed by atoms with Gasteiger partial charge < -0.3 is 19.7 Å². The Hall–Kier alpha value is -1.88. The Morgan fingerprint density at radius 2 is 1.96 bits per heavy atom. The van der Waals surface area contributed by atoms with Crippen LogP contribution < -0.4 is 5.32 Å². The molecule has 10 heteroatoms. The Morgan fingerprint density at radius 3 is 2.54 bits per heavy atom. The Kier molecular flexibility index (Phi) is 8.05. The summed E-state index contributed by atoms with van der Waals surface area (Å²) in [5.74, 6) is 2.44. The summed E-state index contributed by atoms with van der Waals surface area (Å²) in [4.78, 5) is 20.7. The maximum atomic E-state index is 12.6. The van der Waals surface area contributed by atoms with Crippen molar-refractivity contribution < 1.29 is 4.79 Å². The van der Waals surface area contributed by atoms with Crippen LogP contribution in [0, 0.1) is 6.92 Å². The topological polar surface area (TPSA) is 78.7 Å². The summed E-state index contributed by atoms with van der Waals surface area (Å²) in [7, 11) is 3.64. The van der Waals surface area contributed by atoms with Gasteiger partial charge in [0.05, 0.1) is 13.1 Å². The van der Waals surface area contributed by atoms with Gasteiger partial charge in [-0.1, -0.05) is 23.7 Å². The van der Waals surface area contributed by atoms with Gasteiger partial charge in [0.1, 0.15) is 5.82 Å². The molecule has 2 heterocycles. The average Bonchev–Trinajstić information content (AvgIpc) is 2.98. The number of rotatable bonds is 4. The minimum Gasteiger partial charge on any atom is -0.349 e. The van der Waals surface area contributed by atoms with Gasteiger partial charge in [0, 0.05) is 38.8 Å². The van der Waals surface area contributed by atoms with Crippen LogP contribution in [0.4, 0.5) is 0 Å². The third-order valence-electron chi connectivity index (χ3n) is 4.70. The minimum absolute atomic E-state index is 0. The van der Waals surface area contributed by atoms with Crippen LogP contribution in [0.1, 0.15) is 17.2 Å². The van der Waals surface area contributed by atoms with Gasteiger partial charge in [0.15, 0.2) is 11.8 Å². The van der Waals surface area contributed by atoms with Crippen molar-refractivity contribution in [1.29, 1.82) is 0 Å². The van der Waals surface area contributed by atoms with Gasteiger partial charge in [-0.25, -0.2) is 0 Å². The molecule has 0 unspecified atom stereocenters. The number of nitrogens with zero attached hydrogens (tertiary/aromatic N) is 6. The van der Waals surface area contributed by atoms with Crippen LogP contribution in [0.5, 0.6) is 0 Å². The lowest BCUT2D eigenvalue weighted by Crippen LogP contribution is -2.54.